The standard InChI is InChI=1S/C17H22N4O3S2/c1-12-8-14(11-25-12)16-15(4-3-6-18-16)20-17(22)19-9-13-5-7-21(10-13)26(2,23)24/h3-4,6,8,11,13H,5,7,9-10H2,1-2H3,(H2,19,20,22). The third-order valence-corrected chi connectivity index (χ3v) is 6.46. The molecule has 7 nitrogen and oxygen atoms in total. The number of amides is 2. The first-order chi connectivity index (χ1) is 12.3. The van der Waals surface area contributed by atoms with Crippen LogP contribution in [0.5, 0.6) is 0 Å². The van der Waals surface area contributed by atoms with Crippen LogP contribution in [0.3, 0.4) is 0 Å². The SMILES string of the molecule is Cc1cc(-c2ncccc2NC(=O)NCC2CCN(S(C)(=O)=O)C2)cs1. The average Bonchev–Trinajstić information content (AvgIpc) is 3.22. The van der Waals surface area contributed by atoms with Crippen molar-refractivity contribution in [2.45, 2.75) is 13.3 Å². The molecule has 1 saturated heterocycles. The molecule has 140 valence electrons. The number of rotatable bonds is 5. The Kier molecular flexibility index (Phi) is 5.59. The number of pyridine rings is 1. The largest absolute Gasteiger partial charge is 0.338 e. The minimum absolute atomic E-state index is 0.128. The van der Waals surface area contributed by atoms with Gasteiger partial charge in [-0.2, -0.15) is 0 Å². The fourth-order valence-electron chi connectivity index (χ4n) is 2.97. The summed E-state index contributed by atoms with van der Waals surface area (Å²) in [5.74, 6) is 0.128. The van der Waals surface area contributed by atoms with E-state index < -0.39 is 10.0 Å². The van der Waals surface area contributed by atoms with E-state index in [1.165, 1.54) is 15.4 Å². The van der Waals surface area contributed by atoms with Gasteiger partial charge in [-0.25, -0.2) is 17.5 Å². The van der Waals surface area contributed by atoms with Crippen molar-refractivity contribution in [1.82, 2.24) is 14.6 Å². The topological polar surface area (TPSA) is 91.4 Å². The van der Waals surface area contributed by atoms with Crippen molar-refractivity contribution >= 4 is 33.1 Å². The van der Waals surface area contributed by atoms with Crippen molar-refractivity contribution in [2.24, 2.45) is 5.92 Å². The Morgan fingerprint density at radius 2 is 2.27 bits per heavy atom. The van der Waals surface area contributed by atoms with Crippen LogP contribution in [0.4, 0.5) is 10.5 Å². The molecule has 26 heavy (non-hydrogen) atoms. The van der Waals surface area contributed by atoms with Gasteiger partial charge in [0.25, 0.3) is 0 Å². The van der Waals surface area contributed by atoms with E-state index in [1.54, 1.807) is 23.6 Å². The molecule has 9 heteroatoms. The van der Waals surface area contributed by atoms with Crippen molar-refractivity contribution in [3.8, 4) is 11.3 Å². The summed E-state index contributed by atoms with van der Waals surface area (Å²) in [6.45, 7) is 3.42. The predicted octanol–water partition coefficient (Wildman–Crippen LogP) is 2.52. The second-order valence-electron chi connectivity index (χ2n) is 6.46. The van der Waals surface area contributed by atoms with Crippen molar-refractivity contribution in [3.05, 3.63) is 34.7 Å². The van der Waals surface area contributed by atoms with Gasteiger partial charge in [-0.05, 0) is 37.5 Å². The molecule has 0 spiro atoms. The van der Waals surface area contributed by atoms with Gasteiger partial charge in [0.05, 0.1) is 17.6 Å². The molecular formula is C17H22N4O3S2. The lowest BCUT2D eigenvalue weighted by Gasteiger charge is -2.15. The number of nitrogens with one attached hydrogen (secondary N) is 2. The monoisotopic (exact) mass is 394 g/mol. The zero-order valence-corrected chi connectivity index (χ0v) is 16.4. The van der Waals surface area contributed by atoms with Crippen LogP contribution in [-0.4, -0.2) is 49.6 Å². The van der Waals surface area contributed by atoms with Crippen molar-refractivity contribution < 1.29 is 13.2 Å². The van der Waals surface area contributed by atoms with E-state index in [1.807, 2.05) is 24.4 Å². The smallest absolute Gasteiger partial charge is 0.319 e. The zero-order chi connectivity index (χ0) is 18.7. The van der Waals surface area contributed by atoms with E-state index in [9.17, 15) is 13.2 Å². The average molecular weight is 395 g/mol. The number of thiophene rings is 1. The summed E-state index contributed by atoms with van der Waals surface area (Å²) >= 11 is 1.63. The Morgan fingerprint density at radius 1 is 1.46 bits per heavy atom. The molecule has 0 aliphatic carbocycles. The van der Waals surface area contributed by atoms with E-state index in [-0.39, 0.29) is 11.9 Å². The second kappa shape index (κ2) is 7.73. The molecule has 1 aliphatic heterocycles. The van der Waals surface area contributed by atoms with Gasteiger partial charge in [-0.15, -0.1) is 11.3 Å². The van der Waals surface area contributed by atoms with Gasteiger partial charge >= 0.3 is 6.03 Å². The number of aryl methyl sites for hydroxylation is 1. The molecule has 0 bridgehead atoms. The third-order valence-electron chi connectivity index (χ3n) is 4.33. The summed E-state index contributed by atoms with van der Waals surface area (Å²) in [7, 11) is -3.16. The van der Waals surface area contributed by atoms with E-state index in [4.69, 9.17) is 0 Å². The van der Waals surface area contributed by atoms with Gasteiger partial charge < -0.3 is 10.6 Å². The highest BCUT2D eigenvalue weighted by atomic mass is 32.2. The second-order valence-corrected chi connectivity index (χ2v) is 9.55. The van der Waals surface area contributed by atoms with Crippen LogP contribution in [0.15, 0.2) is 29.8 Å². The maximum absolute atomic E-state index is 12.3. The van der Waals surface area contributed by atoms with E-state index >= 15 is 0 Å². The van der Waals surface area contributed by atoms with Crippen LogP contribution < -0.4 is 10.6 Å². The molecule has 2 aromatic heterocycles. The molecule has 2 amide bonds. The fraction of sp³-hybridized carbons (Fsp3) is 0.412. The van der Waals surface area contributed by atoms with Crippen LogP contribution in [0.1, 0.15) is 11.3 Å². The van der Waals surface area contributed by atoms with Crippen LogP contribution in [0.25, 0.3) is 11.3 Å². The molecule has 1 unspecified atom stereocenters. The van der Waals surface area contributed by atoms with Crippen LogP contribution in [0, 0.1) is 12.8 Å². The van der Waals surface area contributed by atoms with Gasteiger partial charge in [0.2, 0.25) is 10.0 Å². The number of sulfonamides is 1. The number of urea groups is 1. The van der Waals surface area contributed by atoms with Gasteiger partial charge in [-0.3, -0.25) is 4.98 Å². The molecular weight excluding hydrogens is 372 g/mol. The van der Waals surface area contributed by atoms with Crippen LogP contribution >= 0.6 is 11.3 Å². The summed E-state index contributed by atoms with van der Waals surface area (Å²) < 4.78 is 24.6. The number of aromatic nitrogens is 1. The maximum Gasteiger partial charge on any atom is 0.319 e. The lowest BCUT2D eigenvalue weighted by molar-refractivity contribution is 0.250. The lowest BCUT2D eigenvalue weighted by atomic mass is 10.1. The highest BCUT2D eigenvalue weighted by Crippen LogP contribution is 2.29. The molecule has 0 saturated carbocycles. The highest BCUT2D eigenvalue weighted by Gasteiger charge is 2.28. The van der Waals surface area contributed by atoms with E-state index in [2.05, 4.69) is 15.6 Å². The summed E-state index contributed by atoms with van der Waals surface area (Å²) in [6.07, 6.45) is 3.66. The Labute approximate surface area is 157 Å². The molecule has 1 aliphatic rings. The first-order valence-corrected chi connectivity index (χ1v) is 11.1. The Balaban J connectivity index is 1.58. The molecule has 0 radical (unpaired) electrons. The Morgan fingerprint density at radius 3 is 2.92 bits per heavy atom. The maximum atomic E-state index is 12.3. The third kappa shape index (κ3) is 4.60. The summed E-state index contributed by atoms with van der Waals surface area (Å²) in [4.78, 5) is 17.8. The quantitative estimate of drug-likeness (QED) is 0.815. The fourth-order valence-corrected chi connectivity index (χ4v) is 4.58. The van der Waals surface area contributed by atoms with Crippen molar-refractivity contribution in [2.75, 3.05) is 31.2 Å². The minimum Gasteiger partial charge on any atom is -0.338 e. The molecule has 0 aromatic carbocycles. The molecule has 2 aromatic rings. The van der Waals surface area contributed by atoms with E-state index in [0.29, 0.717) is 25.3 Å². The van der Waals surface area contributed by atoms with Crippen molar-refractivity contribution in [1.29, 1.82) is 0 Å². The first-order valence-electron chi connectivity index (χ1n) is 8.33. The lowest BCUT2D eigenvalue weighted by Crippen LogP contribution is -2.35. The number of nitrogens with zero attached hydrogens (tertiary/aromatic N) is 2. The zero-order valence-electron chi connectivity index (χ0n) is 14.7. The number of hydrogen-bond acceptors (Lipinski definition) is 5. The summed E-state index contributed by atoms with van der Waals surface area (Å²) in [5.41, 5.74) is 2.35. The summed E-state index contributed by atoms with van der Waals surface area (Å²) in [6, 6.07) is 5.31. The Hall–Kier alpha value is -1.97. The van der Waals surface area contributed by atoms with Crippen LogP contribution in [-0.2, 0) is 10.0 Å². The normalized spacial score (nSPS) is 18.0. The minimum atomic E-state index is -3.16. The number of carbonyl (C=O) groups is 1. The number of carbonyl (C=O) groups excluding carboxylic acids is 1. The molecule has 3 rings (SSSR count). The first kappa shape index (κ1) is 18.8. The predicted molar refractivity (Wildman–Crippen MR) is 104 cm³/mol. The summed E-state index contributed by atoms with van der Waals surface area (Å²) in [5, 5.41) is 7.69. The molecule has 3 heterocycles. The van der Waals surface area contributed by atoms with Crippen LogP contribution in [0.2, 0.25) is 0 Å². The molecule has 2 N–H and O–H groups in total. The van der Waals surface area contributed by atoms with Gasteiger partial charge in [0.15, 0.2) is 0 Å². The molecule has 1 fully saturated rings. The number of hydrogen-bond donors (Lipinski definition) is 2. The highest BCUT2D eigenvalue weighted by molar-refractivity contribution is 7.88. The number of anilines is 1. The Bertz CT molecular complexity index is 895. The van der Waals surface area contributed by atoms with Gasteiger partial charge in [-0.1, -0.05) is 0 Å². The van der Waals surface area contributed by atoms with Gasteiger partial charge in [0, 0.05) is 41.7 Å². The van der Waals surface area contributed by atoms with E-state index in [0.717, 1.165) is 17.7 Å². The molecule has 1 atom stereocenters. The van der Waals surface area contributed by atoms with Gasteiger partial charge in [0.1, 0.15) is 0 Å². The van der Waals surface area contributed by atoms with Crippen molar-refractivity contribution in [3.63, 3.8) is 0 Å².